The lowest BCUT2D eigenvalue weighted by molar-refractivity contribution is -0.143. The minimum atomic E-state index is -1.62. The van der Waals surface area contributed by atoms with Gasteiger partial charge in [0, 0.05) is 23.5 Å². The van der Waals surface area contributed by atoms with E-state index in [4.69, 9.17) is 11.5 Å². The summed E-state index contributed by atoms with van der Waals surface area (Å²) >= 11 is 0. The highest BCUT2D eigenvalue weighted by Gasteiger charge is 2.31. The zero-order valence-electron chi connectivity index (χ0n) is 20.0. The number of H-pyrrole nitrogens is 1. The summed E-state index contributed by atoms with van der Waals surface area (Å²) in [4.78, 5) is 64.0. The highest BCUT2D eigenvalue weighted by molar-refractivity contribution is 5.95. The first-order valence-corrected chi connectivity index (χ1v) is 11.3. The van der Waals surface area contributed by atoms with E-state index in [0.717, 1.165) is 10.9 Å². The van der Waals surface area contributed by atoms with Crippen molar-refractivity contribution in [2.45, 2.75) is 50.9 Å². The number of nitrogens with two attached hydrogens (primary N) is 2. The van der Waals surface area contributed by atoms with Crippen LogP contribution in [-0.4, -0.2) is 75.6 Å². The predicted molar refractivity (Wildman–Crippen MR) is 129 cm³/mol. The maximum Gasteiger partial charge on any atom is 0.326 e. The molecule has 4 amide bonds. The number of amides is 4. The van der Waals surface area contributed by atoms with Gasteiger partial charge in [0.15, 0.2) is 0 Å². The first-order valence-electron chi connectivity index (χ1n) is 11.3. The molecular weight excluding hydrogens is 472 g/mol. The van der Waals surface area contributed by atoms with Crippen LogP contribution < -0.4 is 27.4 Å². The molecule has 2 rings (SSSR count). The second-order valence-electron chi connectivity index (χ2n) is 8.71. The number of hydrogen-bond acceptors (Lipinski definition) is 7. The smallest absolute Gasteiger partial charge is 0.326 e. The number of fused-ring (bicyclic) bond motifs is 1. The molecule has 0 saturated heterocycles. The second kappa shape index (κ2) is 12.7. The van der Waals surface area contributed by atoms with Crippen LogP contribution in [0, 0.1) is 5.92 Å². The van der Waals surface area contributed by atoms with Crippen molar-refractivity contribution in [2.75, 3.05) is 6.61 Å². The Hall–Kier alpha value is -3.97. The molecule has 196 valence electrons. The molecule has 4 unspecified atom stereocenters. The van der Waals surface area contributed by atoms with E-state index in [9.17, 15) is 34.2 Å². The van der Waals surface area contributed by atoms with E-state index in [2.05, 4.69) is 20.9 Å². The Morgan fingerprint density at radius 3 is 2.11 bits per heavy atom. The molecule has 0 bridgehead atoms. The van der Waals surface area contributed by atoms with Crippen molar-refractivity contribution in [3.05, 3.63) is 36.0 Å². The van der Waals surface area contributed by atoms with E-state index in [0.29, 0.717) is 5.56 Å². The summed E-state index contributed by atoms with van der Waals surface area (Å²) in [5.41, 5.74) is 12.3. The molecule has 0 saturated carbocycles. The summed E-state index contributed by atoms with van der Waals surface area (Å²) in [5.74, 6) is -5.10. The van der Waals surface area contributed by atoms with E-state index in [1.54, 1.807) is 32.2 Å². The zero-order valence-corrected chi connectivity index (χ0v) is 20.0. The van der Waals surface area contributed by atoms with Crippen LogP contribution in [-0.2, 0) is 30.4 Å². The molecule has 0 radical (unpaired) electrons. The van der Waals surface area contributed by atoms with E-state index in [1.165, 1.54) is 0 Å². The lowest BCUT2D eigenvalue weighted by Gasteiger charge is -2.24. The van der Waals surface area contributed by atoms with E-state index in [1.807, 2.05) is 12.1 Å². The molecule has 13 nitrogen and oxygen atoms in total. The lowest BCUT2D eigenvalue weighted by Crippen LogP contribution is -2.59. The Bertz CT molecular complexity index is 1120. The number of aliphatic carboxylic acids is 1. The minimum Gasteiger partial charge on any atom is -0.480 e. The van der Waals surface area contributed by atoms with Crippen LogP contribution in [0.15, 0.2) is 30.5 Å². The van der Waals surface area contributed by atoms with Crippen LogP contribution in [0.25, 0.3) is 10.9 Å². The topological polar surface area (TPSA) is 230 Å². The normalized spacial score (nSPS) is 14.5. The lowest BCUT2D eigenvalue weighted by atomic mass is 10.0. The molecule has 2 aromatic rings. The first-order chi connectivity index (χ1) is 16.9. The summed E-state index contributed by atoms with van der Waals surface area (Å²) in [6.45, 7) is 2.65. The fourth-order valence-electron chi connectivity index (χ4n) is 3.44. The Morgan fingerprint density at radius 2 is 1.53 bits per heavy atom. The van der Waals surface area contributed by atoms with Crippen molar-refractivity contribution in [1.29, 1.82) is 0 Å². The number of carboxylic acids is 1. The molecular formula is C23H32N6O7. The van der Waals surface area contributed by atoms with Gasteiger partial charge in [-0.2, -0.15) is 0 Å². The molecule has 0 aliphatic heterocycles. The third-order valence-electron chi connectivity index (χ3n) is 5.59. The van der Waals surface area contributed by atoms with Crippen molar-refractivity contribution >= 4 is 40.5 Å². The summed E-state index contributed by atoms with van der Waals surface area (Å²) in [6.07, 6.45) is 0.918. The first kappa shape index (κ1) is 28.3. The number of aliphatic hydroxyl groups is 1. The average molecular weight is 505 g/mol. The Labute approximate surface area is 207 Å². The number of aliphatic hydroxyl groups excluding tert-OH is 1. The molecule has 0 aliphatic rings. The Kier molecular flexibility index (Phi) is 9.93. The molecule has 4 atom stereocenters. The van der Waals surface area contributed by atoms with Gasteiger partial charge in [0.25, 0.3) is 0 Å². The number of para-hydroxylation sites is 1. The molecule has 1 aromatic carbocycles. The fraction of sp³-hybridized carbons (Fsp3) is 0.435. The van der Waals surface area contributed by atoms with Crippen molar-refractivity contribution in [1.82, 2.24) is 20.9 Å². The Balaban J connectivity index is 2.28. The summed E-state index contributed by atoms with van der Waals surface area (Å²) in [5, 5.41) is 26.8. The predicted octanol–water partition coefficient (Wildman–Crippen LogP) is -1.90. The number of aromatic amines is 1. The highest BCUT2D eigenvalue weighted by Crippen LogP contribution is 2.19. The van der Waals surface area contributed by atoms with Gasteiger partial charge in [-0.15, -0.1) is 0 Å². The molecule has 13 heteroatoms. The van der Waals surface area contributed by atoms with Gasteiger partial charge in [0.05, 0.1) is 19.1 Å². The van der Waals surface area contributed by atoms with Crippen molar-refractivity contribution in [2.24, 2.45) is 17.4 Å². The molecule has 0 spiro atoms. The summed E-state index contributed by atoms with van der Waals surface area (Å²) in [6, 6.07) is 1.93. The van der Waals surface area contributed by atoms with Crippen molar-refractivity contribution < 1.29 is 34.2 Å². The summed E-state index contributed by atoms with van der Waals surface area (Å²) in [7, 11) is 0. The van der Waals surface area contributed by atoms with Crippen molar-refractivity contribution in [3.63, 3.8) is 0 Å². The number of carboxylic acid groups (broad SMARTS) is 1. The van der Waals surface area contributed by atoms with Crippen LogP contribution in [0.2, 0.25) is 0 Å². The van der Waals surface area contributed by atoms with Gasteiger partial charge in [-0.25, -0.2) is 4.79 Å². The zero-order chi connectivity index (χ0) is 27.0. The van der Waals surface area contributed by atoms with Gasteiger partial charge in [0.2, 0.25) is 23.6 Å². The number of rotatable bonds is 13. The number of carbonyl (C=O) groups is 5. The summed E-state index contributed by atoms with van der Waals surface area (Å²) < 4.78 is 0. The van der Waals surface area contributed by atoms with Crippen LogP contribution in [0.5, 0.6) is 0 Å². The van der Waals surface area contributed by atoms with Gasteiger partial charge in [0.1, 0.15) is 18.1 Å². The largest absolute Gasteiger partial charge is 0.480 e. The van der Waals surface area contributed by atoms with Crippen LogP contribution in [0.1, 0.15) is 25.8 Å². The number of primary amides is 1. The number of carbonyl (C=O) groups excluding carboxylic acids is 4. The van der Waals surface area contributed by atoms with Crippen LogP contribution >= 0.6 is 0 Å². The van der Waals surface area contributed by atoms with Gasteiger partial charge in [-0.05, 0) is 17.5 Å². The molecule has 0 fully saturated rings. The molecule has 1 aromatic heterocycles. The number of hydrogen-bond donors (Lipinski definition) is 8. The quantitative estimate of drug-likeness (QED) is 0.153. The van der Waals surface area contributed by atoms with Gasteiger partial charge in [-0.3, -0.25) is 19.2 Å². The monoisotopic (exact) mass is 504 g/mol. The van der Waals surface area contributed by atoms with E-state index >= 15 is 0 Å². The van der Waals surface area contributed by atoms with Gasteiger partial charge in [-0.1, -0.05) is 32.0 Å². The van der Waals surface area contributed by atoms with Crippen molar-refractivity contribution in [3.8, 4) is 0 Å². The van der Waals surface area contributed by atoms with Gasteiger partial charge < -0.3 is 42.6 Å². The molecule has 1 heterocycles. The van der Waals surface area contributed by atoms with Crippen LogP contribution in [0.3, 0.4) is 0 Å². The average Bonchev–Trinajstić information content (AvgIpc) is 3.23. The third kappa shape index (κ3) is 7.52. The second-order valence-corrected chi connectivity index (χ2v) is 8.71. The number of benzene rings is 1. The maximum atomic E-state index is 13.0. The third-order valence-corrected chi connectivity index (χ3v) is 5.59. The standard InChI is InChI=1S/C23H32N6O7/c1-11(2)19(25)22(34)29-17(10-30)21(33)27-15(20(32)28-16(23(35)36)8-18(24)31)7-12-9-26-14-6-4-3-5-13(12)14/h3-6,9,11,15-17,19,26,30H,7-8,10,25H2,1-2H3,(H2,24,31)(H,27,33)(H,28,32)(H,29,34)(H,35,36). The Morgan fingerprint density at radius 1 is 0.944 bits per heavy atom. The van der Waals surface area contributed by atoms with E-state index in [-0.39, 0.29) is 12.3 Å². The highest BCUT2D eigenvalue weighted by atomic mass is 16.4. The number of nitrogens with one attached hydrogen (secondary N) is 4. The van der Waals surface area contributed by atoms with Gasteiger partial charge >= 0.3 is 5.97 Å². The minimum absolute atomic E-state index is 0.0674. The molecule has 0 aliphatic carbocycles. The number of aromatic nitrogens is 1. The fourth-order valence-corrected chi connectivity index (χ4v) is 3.44. The SMILES string of the molecule is CC(C)C(N)C(=O)NC(CO)C(=O)NC(Cc1c[nH]c2ccccc12)C(=O)NC(CC(N)=O)C(=O)O. The molecule has 36 heavy (non-hydrogen) atoms. The molecule has 10 N–H and O–H groups in total. The maximum absolute atomic E-state index is 13.0. The van der Waals surface area contributed by atoms with Crippen LogP contribution in [0.4, 0.5) is 0 Å². The van der Waals surface area contributed by atoms with E-state index < -0.39 is 66.8 Å².